The number of anilines is 1. The first-order valence-corrected chi connectivity index (χ1v) is 13.7. The van der Waals surface area contributed by atoms with Crippen LogP contribution in [0, 0.1) is 11.3 Å². The Morgan fingerprint density at radius 1 is 1.08 bits per heavy atom. The Morgan fingerprint density at radius 2 is 1.89 bits per heavy atom. The van der Waals surface area contributed by atoms with Crippen molar-refractivity contribution < 1.29 is 17.9 Å². The van der Waals surface area contributed by atoms with Crippen molar-refractivity contribution in [3.05, 3.63) is 95.0 Å². The van der Waals surface area contributed by atoms with E-state index >= 15 is 0 Å². The molecule has 4 rings (SSSR count). The van der Waals surface area contributed by atoms with Crippen molar-refractivity contribution in [3.8, 4) is 23.1 Å². The second kappa shape index (κ2) is 11.2. The highest BCUT2D eigenvalue weighted by molar-refractivity contribution is 7.91. The van der Waals surface area contributed by atoms with Crippen molar-refractivity contribution in [1.29, 1.82) is 5.26 Å². The van der Waals surface area contributed by atoms with E-state index in [2.05, 4.69) is 16.4 Å². The number of carbonyl (C=O) groups is 1. The van der Waals surface area contributed by atoms with Gasteiger partial charge in [-0.1, -0.05) is 31.2 Å². The summed E-state index contributed by atoms with van der Waals surface area (Å²) in [6.07, 6.45) is 1.78. The van der Waals surface area contributed by atoms with Crippen LogP contribution in [0.1, 0.15) is 23.6 Å². The van der Waals surface area contributed by atoms with E-state index in [1.54, 1.807) is 37.4 Å². The third-order valence-corrected chi connectivity index (χ3v) is 8.00. The van der Waals surface area contributed by atoms with Gasteiger partial charge in [-0.15, -0.1) is 11.3 Å². The molecule has 0 unspecified atom stereocenters. The number of benzene rings is 2. The monoisotopic (exact) mass is 517 g/mol. The fourth-order valence-electron chi connectivity index (χ4n) is 3.50. The van der Waals surface area contributed by atoms with Crippen LogP contribution in [0.5, 0.6) is 5.88 Å². The molecule has 2 heterocycles. The summed E-state index contributed by atoms with van der Waals surface area (Å²) in [5.41, 5.74) is 3.81. The van der Waals surface area contributed by atoms with Gasteiger partial charge in [0.05, 0.1) is 33.7 Å². The summed E-state index contributed by atoms with van der Waals surface area (Å²) in [5, 5.41) is 14.6. The molecule has 0 aliphatic rings. The smallest absolute Gasteiger partial charge is 0.229 e. The molecule has 7 nitrogen and oxygen atoms in total. The standard InChI is InChI=1S/C27H23N3O4S2/c1-2-36(32,33)23-10-8-19(9-11-23)14-25(31)30-26-15-22(18-35-26)24-7-4-12-29-27(24)34-17-21-6-3-5-20(13-21)16-28/h3-13,15,18H,2,14,17H2,1H3,(H,30,31). The number of nitrogens with one attached hydrogen (secondary N) is 1. The van der Waals surface area contributed by atoms with Crippen LogP contribution in [0.3, 0.4) is 0 Å². The van der Waals surface area contributed by atoms with E-state index in [9.17, 15) is 13.2 Å². The third-order valence-electron chi connectivity index (χ3n) is 5.40. The first kappa shape index (κ1) is 25.1. The topological polar surface area (TPSA) is 109 Å². The number of pyridine rings is 1. The predicted molar refractivity (Wildman–Crippen MR) is 140 cm³/mol. The minimum Gasteiger partial charge on any atom is -0.472 e. The summed E-state index contributed by atoms with van der Waals surface area (Å²) in [6.45, 7) is 1.87. The molecule has 2 aromatic carbocycles. The summed E-state index contributed by atoms with van der Waals surface area (Å²) in [4.78, 5) is 17.2. The molecule has 36 heavy (non-hydrogen) atoms. The van der Waals surface area contributed by atoms with Crippen molar-refractivity contribution >= 4 is 32.1 Å². The normalized spacial score (nSPS) is 11.0. The fraction of sp³-hybridized carbons (Fsp3) is 0.148. The van der Waals surface area contributed by atoms with Crippen LogP contribution in [0.15, 0.2) is 83.2 Å². The van der Waals surface area contributed by atoms with Gasteiger partial charge in [0.25, 0.3) is 0 Å². The van der Waals surface area contributed by atoms with Crippen LogP contribution in [0.4, 0.5) is 5.00 Å². The molecule has 0 spiro atoms. The zero-order valence-corrected chi connectivity index (χ0v) is 21.1. The number of rotatable bonds is 9. The molecule has 9 heteroatoms. The average molecular weight is 518 g/mol. The Kier molecular flexibility index (Phi) is 7.78. The molecule has 0 aliphatic carbocycles. The zero-order chi connectivity index (χ0) is 25.5. The molecular weight excluding hydrogens is 494 g/mol. The highest BCUT2D eigenvalue weighted by atomic mass is 32.2. The van der Waals surface area contributed by atoms with Gasteiger partial charge in [0, 0.05) is 17.1 Å². The van der Waals surface area contributed by atoms with E-state index in [4.69, 9.17) is 10.00 Å². The number of carbonyl (C=O) groups excluding carboxylic acids is 1. The molecule has 182 valence electrons. The van der Waals surface area contributed by atoms with Crippen LogP contribution in [-0.4, -0.2) is 25.1 Å². The van der Waals surface area contributed by atoms with Gasteiger partial charge in [0.15, 0.2) is 9.84 Å². The number of hydrogen-bond acceptors (Lipinski definition) is 7. The number of sulfone groups is 1. The second-order valence-electron chi connectivity index (χ2n) is 7.93. The van der Waals surface area contributed by atoms with E-state index in [0.717, 1.165) is 22.3 Å². The van der Waals surface area contributed by atoms with Crippen molar-refractivity contribution in [1.82, 2.24) is 4.98 Å². The molecular formula is C27H23N3O4S2. The average Bonchev–Trinajstić information content (AvgIpc) is 3.36. The van der Waals surface area contributed by atoms with Gasteiger partial charge in [0.1, 0.15) is 6.61 Å². The lowest BCUT2D eigenvalue weighted by Gasteiger charge is -2.09. The SMILES string of the molecule is CCS(=O)(=O)c1ccc(CC(=O)Nc2cc(-c3cccnc3OCc3cccc(C#N)c3)cs2)cc1. The van der Waals surface area contributed by atoms with Crippen LogP contribution in [0.25, 0.3) is 11.1 Å². The van der Waals surface area contributed by atoms with Gasteiger partial charge in [-0.05, 0) is 59.2 Å². The van der Waals surface area contributed by atoms with Crippen molar-refractivity contribution in [2.75, 3.05) is 11.1 Å². The fourth-order valence-corrected chi connectivity index (χ4v) is 5.20. The first-order valence-electron chi connectivity index (χ1n) is 11.2. The molecule has 0 atom stereocenters. The van der Waals surface area contributed by atoms with Gasteiger partial charge in [0.2, 0.25) is 11.8 Å². The molecule has 0 bridgehead atoms. The van der Waals surface area contributed by atoms with Crippen molar-refractivity contribution in [2.45, 2.75) is 24.8 Å². The first-order chi connectivity index (χ1) is 17.4. The largest absolute Gasteiger partial charge is 0.472 e. The third kappa shape index (κ3) is 6.16. The summed E-state index contributed by atoms with van der Waals surface area (Å²) in [6, 6.07) is 21.3. The lowest BCUT2D eigenvalue weighted by molar-refractivity contribution is -0.115. The maximum atomic E-state index is 12.6. The van der Waals surface area contributed by atoms with Gasteiger partial charge in [-0.25, -0.2) is 13.4 Å². The number of aromatic nitrogens is 1. The number of amides is 1. The highest BCUT2D eigenvalue weighted by Crippen LogP contribution is 2.34. The van der Waals surface area contributed by atoms with Crippen LogP contribution in [0.2, 0.25) is 0 Å². The lowest BCUT2D eigenvalue weighted by Crippen LogP contribution is -2.13. The number of nitrogens with zero attached hydrogens (tertiary/aromatic N) is 2. The summed E-state index contributed by atoms with van der Waals surface area (Å²) >= 11 is 1.39. The summed E-state index contributed by atoms with van der Waals surface area (Å²) in [5.74, 6) is 0.290. The molecule has 2 aromatic heterocycles. The minimum atomic E-state index is -3.27. The Hall–Kier alpha value is -4.00. The van der Waals surface area contributed by atoms with Gasteiger partial charge in [-0.2, -0.15) is 5.26 Å². The molecule has 0 saturated heterocycles. The zero-order valence-electron chi connectivity index (χ0n) is 19.5. The van der Waals surface area contributed by atoms with Crippen LogP contribution < -0.4 is 10.1 Å². The highest BCUT2D eigenvalue weighted by Gasteiger charge is 2.14. The van der Waals surface area contributed by atoms with E-state index in [-0.39, 0.29) is 29.6 Å². The predicted octanol–water partition coefficient (Wildman–Crippen LogP) is 5.24. The number of nitriles is 1. The number of thiophene rings is 1. The Morgan fingerprint density at radius 3 is 2.64 bits per heavy atom. The Balaban J connectivity index is 1.41. The van der Waals surface area contributed by atoms with Crippen molar-refractivity contribution in [3.63, 3.8) is 0 Å². The molecule has 0 saturated carbocycles. The van der Waals surface area contributed by atoms with Crippen LogP contribution >= 0.6 is 11.3 Å². The lowest BCUT2D eigenvalue weighted by atomic mass is 10.1. The maximum absolute atomic E-state index is 12.6. The van der Waals surface area contributed by atoms with Crippen LogP contribution in [-0.2, 0) is 27.7 Å². The quantitative estimate of drug-likeness (QED) is 0.325. The number of ether oxygens (including phenoxy) is 1. The molecule has 0 fully saturated rings. The van der Waals surface area contributed by atoms with Gasteiger partial charge < -0.3 is 10.1 Å². The molecule has 1 N–H and O–H groups in total. The molecule has 1 amide bonds. The van der Waals surface area contributed by atoms with E-state index in [1.165, 1.54) is 23.5 Å². The minimum absolute atomic E-state index is 0.0333. The Labute approximate surface area is 213 Å². The Bertz CT molecular complexity index is 1520. The summed E-state index contributed by atoms with van der Waals surface area (Å²) < 4.78 is 29.9. The maximum Gasteiger partial charge on any atom is 0.229 e. The molecule has 0 aliphatic heterocycles. The molecule has 4 aromatic rings. The summed E-state index contributed by atoms with van der Waals surface area (Å²) in [7, 11) is -3.27. The van der Waals surface area contributed by atoms with Gasteiger partial charge in [-0.3, -0.25) is 4.79 Å². The molecule has 0 radical (unpaired) electrons. The van der Waals surface area contributed by atoms with Crippen molar-refractivity contribution in [2.24, 2.45) is 0 Å². The van der Waals surface area contributed by atoms with E-state index in [1.807, 2.05) is 35.7 Å². The van der Waals surface area contributed by atoms with E-state index < -0.39 is 9.84 Å². The van der Waals surface area contributed by atoms with E-state index in [0.29, 0.717) is 16.4 Å². The second-order valence-corrected chi connectivity index (χ2v) is 11.1. The number of hydrogen-bond donors (Lipinski definition) is 1. The van der Waals surface area contributed by atoms with Gasteiger partial charge >= 0.3 is 0 Å².